The zero-order valence-corrected chi connectivity index (χ0v) is 6.32. The first-order chi connectivity index (χ1) is 3.98. The number of hydrogen-bond donors (Lipinski definition) is 2. The summed E-state index contributed by atoms with van der Waals surface area (Å²) in [7, 11) is 3.13. The summed E-state index contributed by atoms with van der Waals surface area (Å²) in [5.74, 6) is 0. The third-order valence-corrected chi connectivity index (χ3v) is 1.00. The molecule has 2 N–H and O–H groups in total. The number of nitrogens with one attached hydrogen (secondary N) is 2. The number of hydrogen-bond acceptors (Lipinski definition) is 3. The maximum Gasteiger partial charge on any atom is 0.172 e. The molecule has 0 radical (unpaired) electrons. The Morgan fingerprint density at radius 2 is 2.00 bits per heavy atom. The van der Waals surface area contributed by atoms with Gasteiger partial charge in [-0.3, -0.25) is 5.32 Å². The molecular formula is C5H14N2O2. The first-order valence-electron chi connectivity index (χ1n) is 2.86. The minimum atomic E-state index is -0.536. The average Bonchev–Trinajstić information content (AvgIpc) is 1.63. The lowest BCUT2D eigenvalue weighted by Gasteiger charge is -2.27. The van der Waals surface area contributed by atoms with Crippen molar-refractivity contribution >= 4 is 0 Å². The minimum Gasteiger partial charge on any atom is -0.600 e. The van der Waals surface area contributed by atoms with E-state index < -0.39 is 5.72 Å². The molecule has 0 aliphatic carbocycles. The van der Waals surface area contributed by atoms with Crippen LogP contribution in [0.5, 0.6) is 0 Å². The van der Waals surface area contributed by atoms with Gasteiger partial charge in [0.2, 0.25) is 0 Å². The van der Waals surface area contributed by atoms with Crippen LogP contribution in [-0.2, 0) is 4.84 Å². The van der Waals surface area contributed by atoms with Crippen LogP contribution in [0.1, 0.15) is 13.8 Å². The summed E-state index contributed by atoms with van der Waals surface area (Å²) in [4.78, 5) is 4.84. The van der Waals surface area contributed by atoms with E-state index in [1.807, 2.05) is 0 Å². The quantitative estimate of drug-likeness (QED) is 0.380. The fraction of sp³-hybridized carbons (Fsp3) is 1.00. The molecule has 0 saturated carbocycles. The monoisotopic (exact) mass is 134 g/mol. The predicted octanol–water partition coefficient (Wildman–Crippen LogP) is -1.11. The molecule has 0 heterocycles. The summed E-state index contributed by atoms with van der Waals surface area (Å²) in [6, 6.07) is 0. The normalized spacial score (nSPS) is 15.7. The van der Waals surface area contributed by atoms with Crippen LogP contribution in [0.2, 0.25) is 0 Å². The molecular weight excluding hydrogens is 120 g/mol. The third-order valence-electron chi connectivity index (χ3n) is 1.00. The maximum absolute atomic E-state index is 10.4. The van der Waals surface area contributed by atoms with E-state index in [1.54, 1.807) is 20.9 Å². The van der Waals surface area contributed by atoms with Gasteiger partial charge < -0.3 is 5.21 Å². The van der Waals surface area contributed by atoms with Crippen LogP contribution in [0.15, 0.2) is 0 Å². The Kier molecular flexibility index (Phi) is 3.07. The molecule has 1 unspecified atom stereocenters. The minimum absolute atomic E-state index is 0.269. The summed E-state index contributed by atoms with van der Waals surface area (Å²) >= 11 is 0. The van der Waals surface area contributed by atoms with E-state index in [9.17, 15) is 5.21 Å². The van der Waals surface area contributed by atoms with Gasteiger partial charge in [0.15, 0.2) is 5.72 Å². The van der Waals surface area contributed by atoms with E-state index in [4.69, 9.17) is 4.84 Å². The van der Waals surface area contributed by atoms with Crippen LogP contribution in [-0.4, -0.2) is 19.8 Å². The van der Waals surface area contributed by atoms with Crippen molar-refractivity contribution in [2.24, 2.45) is 0 Å². The lowest BCUT2D eigenvalue weighted by atomic mass is 10.3. The highest BCUT2D eigenvalue weighted by atomic mass is 16.9. The summed E-state index contributed by atoms with van der Waals surface area (Å²) < 4.78 is 0. The average molecular weight is 134 g/mol. The van der Waals surface area contributed by atoms with E-state index in [1.165, 1.54) is 7.05 Å². The molecule has 4 heteroatoms. The van der Waals surface area contributed by atoms with Gasteiger partial charge in [0.1, 0.15) is 0 Å². The molecule has 9 heavy (non-hydrogen) atoms. The topological polar surface area (TPSA) is 48.8 Å². The second kappa shape index (κ2) is 3.12. The van der Waals surface area contributed by atoms with Gasteiger partial charge in [0.05, 0.1) is 7.05 Å². The van der Waals surface area contributed by atoms with Crippen LogP contribution < -0.4 is 10.5 Å². The van der Waals surface area contributed by atoms with Gasteiger partial charge in [-0.15, -0.1) is 0 Å². The molecule has 0 aliphatic rings. The first-order valence-corrected chi connectivity index (χ1v) is 2.86. The van der Waals surface area contributed by atoms with Crippen molar-refractivity contribution in [2.45, 2.75) is 19.6 Å². The number of hydroxylamine groups is 2. The highest BCUT2D eigenvalue weighted by molar-refractivity contribution is 4.57. The van der Waals surface area contributed by atoms with Gasteiger partial charge in [0, 0.05) is 0 Å². The second-order valence-corrected chi connectivity index (χ2v) is 2.35. The molecule has 0 aromatic rings. The van der Waals surface area contributed by atoms with Crippen molar-refractivity contribution in [2.75, 3.05) is 14.1 Å². The van der Waals surface area contributed by atoms with Crippen LogP contribution in [0.25, 0.3) is 0 Å². The van der Waals surface area contributed by atoms with Crippen LogP contribution in [0.3, 0.4) is 0 Å². The molecule has 0 fully saturated rings. The maximum atomic E-state index is 10.4. The van der Waals surface area contributed by atoms with Gasteiger partial charge in [-0.25, -0.2) is 5.23 Å². The summed E-state index contributed by atoms with van der Waals surface area (Å²) in [6.07, 6.45) is 0. The highest BCUT2D eigenvalue weighted by Crippen LogP contribution is 1.96. The fourth-order valence-corrected chi connectivity index (χ4v) is 0.410. The highest BCUT2D eigenvalue weighted by Gasteiger charge is 2.17. The van der Waals surface area contributed by atoms with E-state index in [0.29, 0.717) is 0 Å². The van der Waals surface area contributed by atoms with E-state index >= 15 is 0 Å². The Balaban J connectivity index is 3.58. The smallest absolute Gasteiger partial charge is 0.172 e. The Hall–Kier alpha value is -0.160. The Labute approximate surface area is 55.3 Å². The Morgan fingerprint density at radius 1 is 1.56 bits per heavy atom. The fourth-order valence-electron chi connectivity index (χ4n) is 0.410. The van der Waals surface area contributed by atoms with E-state index in [-0.39, 0.29) is 5.23 Å². The second-order valence-electron chi connectivity index (χ2n) is 2.35. The number of rotatable bonds is 3. The molecule has 0 bridgehead atoms. The molecule has 56 valence electrons. The van der Waals surface area contributed by atoms with Gasteiger partial charge in [-0.1, -0.05) is 0 Å². The molecule has 0 saturated heterocycles. The van der Waals surface area contributed by atoms with Crippen molar-refractivity contribution in [1.29, 1.82) is 0 Å². The molecule has 0 rings (SSSR count). The van der Waals surface area contributed by atoms with Gasteiger partial charge in [-0.05, 0) is 20.9 Å². The predicted molar refractivity (Wildman–Crippen MR) is 34.5 cm³/mol. The van der Waals surface area contributed by atoms with E-state index in [0.717, 1.165) is 0 Å². The molecule has 0 amide bonds. The zero-order chi connectivity index (χ0) is 7.49. The standard InChI is InChI=1S/C5H14N2O2/c1-5(2,6-3)9-7(4)8/h6-7H,1-4H3. The largest absolute Gasteiger partial charge is 0.600 e. The van der Waals surface area contributed by atoms with Crippen molar-refractivity contribution in [3.63, 3.8) is 0 Å². The van der Waals surface area contributed by atoms with Crippen molar-refractivity contribution < 1.29 is 10.1 Å². The van der Waals surface area contributed by atoms with Gasteiger partial charge in [0.25, 0.3) is 0 Å². The van der Waals surface area contributed by atoms with Crippen molar-refractivity contribution in [3.05, 3.63) is 5.21 Å². The summed E-state index contributed by atoms with van der Waals surface area (Å²) in [6.45, 7) is 3.57. The Morgan fingerprint density at radius 3 is 2.11 bits per heavy atom. The molecule has 1 atom stereocenters. The molecule has 0 aromatic carbocycles. The molecule has 0 aliphatic heterocycles. The van der Waals surface area contributed by atoms with Crippen LogP contribution >= 0.6 is 0 Å². The summed E-state index contributed by atoms with van der Waals surface area (Å²) in [5.41, 5.74) is -0.536. The van der Waals surface area contributed by atoms with Crippen LogP contribution in [0, 0.1) is 5.21 Å². The van der Waals surface area contributed by atoms with Gasteiger partial charge >= 0.3 is 0 Å². The van der Waals surface area contributed by atoms with Crippen LogP contribution in [0.4, 0.5) is 0 Å². The first kappa shape index (κ1) is 8.84. The lowest BCUT2D eigenvalue weighted by molar-refractivity contribution is -1.05. The number of quaternary nitrogens is 1. The molecule has 4 nitrogen and oxygen atoms in total. The zero-order valence-electron chi connectivity index (χ0n) is 6.32. The Bertz CT molecular complexity index is 83.0. The molecule has 0 spiro atoms. The van der Waals surface area contributed by atoms with Crippen molar-refractivity contribution in [1.82, 2.24) is 5.32 Å². The SMILES string of the molecule is CNC(C)(C)O[NH+](C)[O-]. The summed E-state index contributed by atoms with van der Waals surface area (Å²) in [5, 5.41) is 12.9. The van der Waals surface area contributed by atoms with E-state index in [2.05, 4.69) is 5.32 Å². The lowest BCUT2D eigenvalue weighted by Crippen LogP contribution is -3.04. The van der Waals surface area contributed by atoms with Gasteiger partial charge in [-0.2, -0.15) is 4.84 Å². The van der Waals surface area contributed by atoms with Crippen molar-refractivity contribution in [3.8, 4) is 0 Å². The third kappa shape index (κ3) is 4.35. The molecule has 0 aromatic heterocycles.